The van der Waals surface area contributed by atoms with Crippen molar-refractivity contribution in [2.75, 3.05) is 11.9 Å². The van der Waals surface area contributed by atoms with Crippen molar-refractivity contribution in [3.05, 3.63) is 60.3 Å². The fourth-order valence-electron chi connectivity index (χ4n) is 2.26. The Kier molecular flexibility index (Phi) is 3.60. The highest BCUT2D eigenvalue weighted by atomic mass is 16.5. The van der Waals surface area contributed by atoms with Crippen LogP contribution in [0.1, 0.15) is 17.3 Å². The van der Waals surface area contributed by atoms with Gasteiger partial charge in [0.15, 0.2) is 0 Å². The molecular formula is C17H16N2O2. The summed E-state index contributed by atoms with van der Waals surface area (Å²) in [6.07, 6.45) is 1.73. The van der Waals surface area contributed by atoms with Crippen molar-refractivity contribution in [1.29, 1.82) is 0 Å². The molecule has 1 amide bonds. The Balaban J connectivity index is 1.79. The number of aromatic amines is 1. The van der Waals surface area contributed by atoms with Crippen LogP contribution < -0.4 is 10.1 Å². The van der Waals surface area contributed by atoms with Crippen LogP contribution in [0.5, 0.6) is 5.75 Å². The van der Waals surface area contributed by atoms with E-state index in [0.29, 0.717) is 12.2 Å². The lowest BCUT2D eigenvalue weighted by Gasteiger charge is -2.06. The molecule has 0 spiro atoms. The van der Waals surface area contributed by atoms with Gasteiger partial charge in [0, 0.05) is 22.8 Å². The molecule has 4 nitrogen and oxygen atoms in total. The molecule has 2 N–H and O–H groups in total. The third kappa shape index (κ3) is 2.74. The maximum Gasteiger partial charge on any atom is 0.257 e. The molecule has 0 aliphatic carbocycles. The molecule has 3 rings (SSSR count). The first-order chi connectivity index (χ1) is 10.3. The molecule has 0 unspecified atom stereocenters. The van der Waals surface area contributed by atoms with Crippen LogP contribution in [0.3, 0.4) is 0 Å². The number of H-pyrrole nitrogens is 1. The summed E-state index contributed by atoms with van der Waals surface area (Å²) in [4.78, 5) is 15.4. The van der Waals surface area contributed by atoms with E-state index in [4.69, 9.17) is 4.74 Å². The second-order valence-corrected chi connectivity index (χ2v) is 4.66. The predicted octanol–water partition coefficient (Wildman–Crippen LogP) is 3.82. The number of carbonyl (C=O) groups is 1. The number of rotatable bonds is 4. The molecule has 0 saturated carbocycles. The van der Waals surface area contributed by atoms with E-state index in [2.05, 4.69) is 10.3 Å². The van der Waals surface area contributed by atoms with Gasteiger partial charge >= 0.3 is 0 Å². The van der Waals surface area contributed by atoms with Gasteiger partial charge in [-0.3, -0.25) is 4.79 Å². The number of hydrogen-bond acceptors (Lipinski definition) is 2. The molecule has 2 aromatic carbocycles. The van der Waals surface area contributed by atoms with Gasteiger partial charge in [-0.15, -0.1) is 0 Å². The lowest BCUT2D eigenvalue weighted by molar-refractivity contribution is 0.102. The molecule has 0 atom stereocenters. The maximum absolute atomic E-state index is 12.3. The molecule has 0 saturated heterocycles. The van der Waals surface area contributed by atoms with Crippen molar-refractivity contribution in [1.82, 2.24) is 4.98 Å². The number of carbonyl (C=O) groups excluding carboxylic acids is 1. The van der Waals surface area contributed by atoms with Crippen LogP contribution in [0.15, 0.2) is 54.7 Å². The third-order valence-corrected chi connectivity index (χ3v) is 3.26. The monoisotopic (exact) mass is 280 g/mol. The summed E-state index contributed by atoms with van der Waals surface area (Å²) in [6.45, 7) is 2.56. The zero-order valence-corrected chi connectivity index (χ0v) is 11.7. The van der Waals surface area contributed by atoms with Crippen molar-refractivity contribution in [3.8, 4) is 5.75 Å². The minimum atomic E-state index is -0.128. The normalized spacial score (nSPS) is 10.5. The Morgan fingerprint density at radius 3 is 2.67 bits per heavy atom. The smallest absolute Gasteiger partial charge is 0.257 e. The van der Waals surface area contributed by atoms with Gasteiger partial charge in [-0.05, 0) is 37.3 Å². The molecule has 0 radical (unpaired) electrons. The van der Waals surface area contributed by atoms with E-state index in [-0.39, 0.29) is 5.91 Å². The van der Waals surface area contributed by atoms with Crippen molar-refractivity contribution >= 4 is 22.5 Å². The first kappa shape index (κ1) is 13.2. The van der Waals surface area contributed by atoms with Crippen molar-refractivity contribution in [2.24, 2.45) is 0 Å². The molecule has 1 heterocycles. The van der Waals surface area contributed by atoms with Crippen LogP contribution in [-0.2, 0) is 0 Å². The fraction of sp³-hybridized carbons (Fsp3) is 0.118. The van der Waals surface area contributed by atoms with E-state index >= 15 is 0 Å². The van der Waals surface area contributed by atoms with Crippen LogP contribution in [0.2, 0.25) is 0 Å². The zero-order chi connectivity index (χ0) is 14.7. The summed E-state index contributed by atoms with van der Waals surface area (Å²) >= 11 is 0. The Bertz CT molecular complexity index is 760. The van der Waals surface area contributed by atoms with E-state index in [9.17, 15) is 4.79 Å². The number of aromatic nitrogens is 1. The highest BCUT2D eigenvalue weighted by Gasteiger charge is 2.11. The lowest BCUT2D eigenvalue weighted by atomic mass is 10.1. The summed E-state index contributed by atoms with van der Waals surface area (Å²) in [5, 5.41) is 3.81. The molecule has 3 aromatic rings. The van der Waals surface area contributed by atoms with Crippen molar-refractivity contribution < 1.29 is 9.53 Å². The Labute approximate surface area is 122 Å². The number of benzene rings is 2. The van der Waals surface area contributed by atoms with Gasteiger partial charge in [0.2, 0.25) is 0 Å². The number of hydrogen-bond donors (Lipinski definition) is 2. The van der Waals surface area contributed by atoms with Crippen LogP contribution in [-0.4, -0.2) is 17.5 Å². The van der Waals surface area contributed by atoms with Gasteiger partial charge in [-0.2, -0.15) is 0 Å². The first-order valence-corrected chi connectivity index (χ1v) is 6.88. The molecule has 106 valence electrons. The quantitative estimate of drug-likeness (QED) is 0.763. The molecule has 0 bridgehead atoms. The number of ether oxygens (including phenoxy) is 1. The first-order valence-electron chi connectivity index (χ1n) is 6.88. The lowest BCUT2D eigenvalue weighted by Crippen LogP contribution is -2.11. The molecular weight excluding hydrogens is 264 g/mol. The largest absolute Gasteiger partial charge is 0.494 e. The Hall–Kier alpha value is -2.75. The Morgan fingerprint density at radius 1 is 1.14 bits per heavy atom. The number of nitrogens with one attached hydrogen (secondary N) is 2. The van der Waals surface area contributed by atoms with Crippen molar-refractivity contribution in [3.63, 3.8) is 0 Å². The minimum absolute atomic E-state index is 0.128. The van der Waals surface area contributed by atoms with E-state index in [1.54, 1.807) is 6.20 Å². The number of para-hydroxylation sites is 1. The van der Waals surface area contributed by atoms with E-state index < -0.39 is 0 Å². The summed E-state index contributed by atoms with van der Waals surface area (Å²) in [5.74, 6) is 0.666. The van der Waals surface area contributed by atoms with Gasteiger partial charge in [0.25, 0.3) is 5.91 Å². The van der Waals surface area contributed by atoms with Gasteiger partial charge in [-0.25, -0.2) is 0 Å². The molecule has 21 heavy (non-hydrogen) atoms. The number of anilines is 1. The van der Waals surface area contributed by atoms with Crippen LogP contribution in [0.25, 0.3) is 10.9 Å². The second kappa shape index (κ2) is 5.71. The molecule has 0 aliphatic heterocycles. The third-order valence-electron chi connectivity index (χ3n) is 3.26. The van der Waals surface area contributed by atoms with Crippen LogP contribution in [0.4, 0.5) is 5.69 Å². The van der Waals surface area contributed by atoms with Crippen LogP contribution in [0, 0.1) is 0 Å². The maximum atomic E-state index is 12.3. The van der Waals surface area contributed by atoms with Gasteiger partial charge in [-0.1, -0.05) is 18.2 Å². The van der Waals surface area contributed by atoms with E-state index in [1.165, 1.54) is 0 Å². The summed E-state index contributed by atoms with van der Waals surface area (Å²) in [5.41, 5.74) is 2.34. The average molecular weight is 280 g/mol. The summed E-state index contributed by atoms with van der Waals surface area (Å²) in [7, 11) is 0. The van der Waals surface area contributed by atoms with E-state index in [1.807, 2.05) is 55.5 Å². The fourth-order valence-corrected chi connectivity index (χ4v) is 2.26. The van der Waals surface area contributed by atoms with E-state index in [0.717, 1.165) is 22.3 Å². The van der Waals surface area contributed by atoms with Crippen LogP contribution >= 0.6 is 0 Å². The molecule has 0 fully saturated rings. The molecule has 1 aromatic heterocycles. The highest BCUT2D eigenvalue weighted by Crippen LogP contribution is 2.20. The number of amides is 1. The molecule has 0 aliphatic rings. The summed E-state index contributed by atoms with van der Waals surface area (Å²) < 4.78 is 5.38. The second-order valence-electron chi connectivity index (χ2n) is 4.66. The summed E-state index contributed by atoms with van der Waals surface area (Å²) in [6, 6.07) is 15.1. The average Bonchev–Trinajstić information content (AvgIpc) is 2.93. The van der Waals surface area contributed by atoms with Gasteiger partial charge < -0.3 is 15.0 Å². The van der Waals surface area contributed by atoms with Crippen molar-refractivity contribution in [2.45, 2.75) is 6.92 Å². The predicted molar refractivity (Wildman–Crippen MR) is 83.9 cm³/mol. The standard InChI is InChI=1S/C17H16N2O2/c1-2-21-13-9-7-12(8-10-13)19-17(20)15-11-18-16-6-4-3-5-14(15)16/h3-11,18H,2H2,1H3,(H,19,20). The SMILES string of the molecule is CCOc1ccc(NC(=O)c2c[nH]c3ccccc23)cc1. The minimum Gasteiger partial charge on any atom is -0.494 e. The molecule has 4 heteroatoms. The Morgan fingerprint density at radius 2 is 1.90 bits per heavy atom. The highest BCUT2D eigenvalue weighted by molar-refractivity contribution is 6.12. The van der Waals surface area contributed by atoms with Gasteiger partial charge in [0.1, 0.15) is 5.75 Å². The zero-order valence-electron chi connectivity index (χ0n) is 11.7. The number of fused-ring (bicyclic) bond motifs is 1. The topological polar surface area (TPSA) is 54.1 Å². The van der Waals surface area contributed by atoms with Gasteiger partial charge in [0.05, 0.1) is 12.2 Å².